The van der Waals surface area contributed by atoms with Crippen LogP contribution < -0.4 is 5.17 Å². The van der Waals surface area contributed by atoms with Gasteiger partial charge in [-0.25, -0.2) is 5.01 Å². The Kier molecular flexibility index (Phi) is 6.66. The predicted octanol–water partition coefficient (Wildman–Crippen LogP) is 5.06. The van der Waals surface area contributed by atoms with Gasteiger partial charge in [0.2, 0.25) is 0 Å². The number of carbonyl (C=O) groups excluding carboxylic acids is 1. The van der Waals surface area contributed by atoms with E-state index in [1.807, 2.05) is 48.5 Å². The number of nitrogens with zero attached hydrogens (tertiary/aromatic N) is 4. The average Bonchev–Trinajstić information content (AvgIpc) is 3.07. The van der Waals surface area contributed by atoms with Gasteiger partial charge in [-0.2, -0.15) is 5.10 Å². The summed E-state index contributed by atoms with van der Waals surface area (Å²) >= 11 is 0. The van der Waals surface area contributed by atoms with E-state index in [9.17, 15) is 10.0 Å². The van der Waals surface area contributed by atoms with Crippen LogP contribution in [0.2, 0.25) is 0 Å². The first-order valence-corrected chi connectivity index (χ1v) is 11.1. The van der Waals surface area contributed by atoms with Gasteiger partial charge in [-0.3, -0.25) is 10.0 Å². The van der Waals surface area contributed by atoms with Crippen LogP contribution in [0.25, 0.3) is 0 Å². The second kappa shape index (κ2) is 9.79. The largest absolute Gasteiger partial charge is 0.296 e. The lowest BCUT2D eigenvalue weighted by molar-refractivity contribution is -0.123. The minimum absolute atomic E-state index is 0.134. The standard InChI is InChI=1S/C27H28N4O2/c1-19-9-7-10-20(2)25(19)16-15-22-13-8-14-24(17-22)31(33)29-26-21(3)28-30(27(26)32)18-23-11-5-4-6-12-23/h4-14,17,33H,15-16,18H2,1-3H3. The SMILES string of the molecule is CC1=NN(Cc2ccccc2)C(=O)C1=NN(O)c1cccc(CCc2c(C)cccc2C)c1. The zero-order valence-electron chi connectivity index (χ0n) is 19.2. The van der Waals surface area contributed by atoms with Crippen molar-refractivity contribution in [2.75, 3.05) is 5.17 Å². The Balaban J connectivity index is 1.46. The summed E-state index contributed by atoms with van der Waals surface area (Å²) in [5.74, 6) is -0.332. The van der Waals surface area contributed by atoms with Crippen LogP contribution in [-0.4, -0.2) is 27.5 Å². The van der Waals surface area contributed by atoms with Crippen molar-refractivity contribution in [3.8, 4) is 0 Å². The van der Waals surface area contributed by atoms with Gasteiger partial charge in [0.05, 0.1) is 17.9 Å². The van der Waals surface area contributed by atoms with E-state index in [1.165, 1.54) is 21.7 Å². The van der Waals surface area contributed by atoms with Crippen LogP contribution in [0.1, 0.15) is 34.7 Å². The molecule has 0 atom stereocenters. The van der Waals surface area contributed by atoms with Gasteiger partial charge in [0, 0.05) is 0 Å². The fraction of sp³-hybridized carbons (Fsp3) is 0.222. The van der Waals surface area contributed by atoms with Crippen molar-refractivity contribution in [1.29, 1.82) is 0 Å². The number of hydrogen-bond acceptors (Lipinski definition) is 5. The third kappa shape index (κ3) is 5.18. The molecule has 3 aromatic carbocycles. The van der Waals surface area contributed by atoms with Crippen molar-refractivity contribution >= 4 is 23.0 Å². The number of hydrogen-bond donors (Lipinski definition) is 1. The summed E-state index contributed by atoms with van der Waals surface area (Å²) in [6.45, 7) is 6.34. The first-order chi connectivity index (χ1) is 15.9. The summed E-state index contributed by atoms with van der Waals surface area (Å²) in [6, 6.07) is 23.6. The fourth-order valence-electron chi connectivity index (χ4n) is 4.03. The van der Waals surface area contributed by atoms with Gasteiger partial charge in [-0.15, -0.1) is 10.3 Å². The first kappa shape index (κ1) is 22.4. The minimum Gasteiger partial charge on any atom is -0.267 e. The molecule has 1 amide bonds. The molecule has 168 valence electrons. The molecule has 6 heteroatoms. The Morgan fingerprint density at radius 2 is 1.55 bits per heavy atom. The normalized spacial score (nSPS) is 14.7. The monoisotopic (exact) mass is 440 g/mol. The number of rotatable bonds is 7. The summed E-state index contributed by atoms with van der Waals surface area (Å²) in [4.78, 5) is 12.8. The molecule has 0 bridgehead atoms. The lowest BCUT2D eigenvalue weighted by Crippen LogP contribution is -2.29. The lowest BCUT2D eigenvalue weighted by Gasteiger charge is -2.14. The molecule has 1 heterocycles. The number of hydrazone groups is 2. The van der Waals surface area contributed by atoms with Crippen LogP contribution in [0, 0.1) is 13.8 Å². The van der Waals surface area contributed by atoms with E-state index in [-0.39, 0.29) is 11.6 Å². The van der Waals surface area contributed by atoms with Crippen molar-refractivity contribution in [2.45, 2.75) is 40.2 Å². The summed E-state index contributed by atoms with van der Waals surface area (Å²) in [7, 11) is 0. The molecular weight excluding hydrogens is 412 g/mol. The molecule has 1 aliphatic heterocycles. The zero-order chi connectivity index (χ0) is 23.4. The molecule has 0 aliphatic carbocycles. The van der Waals surface area contributed by atoms with Gasteiger partial charge in [0.1, 0.15) is 0 Å². The van der Waals surface area contributed by atoms with E-state index in [1.54, 1.807) is 13.0 Å². The topological polar surface area (TPSA) is 68.5 Å². The molecule has 0 aromatic heterocycles. The molecule has 0 fully saturated rings. The molecule has 4 rings (SSSR count). The molecule has 0 spiro atoms. The molecular formula is C27H28N4O2. The predicted molar refractivity (Wildman–Crippen MR) is 132 cm³/mol. The number of aryl methyl sites for hydroxylation is 3. The van der Waals surface area contributed by atoms with Crippen LogP contribution in [0.4, 0.5) is 5.69 Å². The maximum absolute atomic E-state index is 12.8. The highest BCUT2D eigenvalue weighted by molar-refractivity contribution is 6.68. The highest BCUT2D eigenvalue weighted by Crippen LogP contribution is 2.20. The van der Waals surface area contributed by atoms with Crippen LogP contribution in [0.3, 0.4) is 0 Å². The highest BCUT2D eigenvalue weighted by atomic mass is 16.5. The minimum atomic E-state index is -0.332. The van der Waals surface area contributed by atoms with E-state index >= 15 is 0 Å². The summed E-state index contributed by atoms with van der Waals surface area (Å²) in [5, 5.41) is 21.2. The quantitative estimate of drug-likeness (QED) is 0.522. The van der Waals surface area contributed by atoms with E-state index in [0.717, 1.165) is 29.1 Å². The summed E-state index contributed by atoms with van der Waals surface area (Å²) in [6.07, 6.45) is 1.76. The smallest absolute Gasteiger partial charge is 0.267 e. The van der Waals surface area contributed by atoms with Crippen LogP contribution in [0.5, 0.6) is 0 Å². The molecule has 1 N–H and O–H groups in total. The maximum Gasteiger partial charge on any atom is 0.296 e. The maximum atomic E-state index is 12.8. The Bertz CT molecular complexity index is 1200. The molecule has 6 nitrogen and oxygen atoms in total. The first-order valence-electron chi connectivity index (χ1n) is 11.1. The molecule has 33 heavy (non-hydrogen) atoms. The lowest BCUT2D eigenvalue weighted by atomic mass is 9.96. The van der Waals surface area contributed by atoms with Crippen LogP contribution in [0.15, 0.2) is 83.0 Å². The second-order valence-corrected chi connectivity index (χ2v) is 8.31. The zero-order valence-corrected chi connectivity index (χ0v) is 19.2. The van der Waals surface area contributed by atoms with E-state index in [2.05, 4.69) is 42.2 Å². The third-order valence-electron chi connectivity index (χ3n) is 5.87. The molecule has 0 unspecified atom stereocenters. The van der Waals surface area contributed by atoms with Crippen molar-refractivity contribution in [1.82, 2.24) is 5.01 Å². The highest BCUT2D eigenvalue weighted by Gasteiger charge is 2.30. The fourth-order valence-corrected chi connectivity index (χ4v) is 4.03. The van der Waals surface area contributed by atoms with E-state index in [4.69, 9.17) is 0 Å². The summed E-state index contributed by atoms with van der Waals surface area (Å²) < 4.78 is 0. The van der Waals surface area contributed by atoms with Gasteiger partial charge in [0.25, 0.3) is 5.91 Å². The third-order valence-corrected chi connectivity index (χ3v) is 5.87. The van der Waals surface area contributed by atoms with Crippen molar-refractivity contribution in [3.63, 3.8) is 0 Å². The van der Waals surface area contributed by atoms with E-state index in [0.29, 0.717) is 17.9 Å². The number of benzene rings is 3. The van der Waals surface area contributed by atoms with Crippen molar-refractivity contribution in [2.24, 2.45) is 10.2 Å². The summed E-state index contributed by atoms with van der Waals surface area (Å²) in [5.41, 5.74) is 7.10. The van der Waals surface area contributed by atoms with Crippen molar-refractivity contribution in [3.05, 3.63) is 101 Å². The molecule has 0 saturated heterocycles. The van der Waals surface area contributed by atoms with Crippen molar-refractivity contribution < 1.29 is 10.0 Å². The number of carbonyl (C=O) groups is 1. The van der Waals surface area contributed by atoms with Gasteiger partial charge >= 0.3 is 0 Å². The number of anilines is 1. The Morgan fingerprint density at radius 3 is 2.27 bits per heavy atom. The molecule has 1 aliphatic rings. The van der Waals surface area contributed by atoms with Gasteiger partial charge in [-0.1, -0.05) is 60.7 Å². The Labute approximate surface area is 194 Å². The molecule has 0 saturated carbocycles. The van der Waals surface area contributed by atoms with Crippen LogP contribution in [-0.2, 0) is 24.2 Å². The average molecular weight is 441 g/mol. The molecule has 3 aromatic rings. The van der Waals surface area contributed by atoms with Crippen LogP contribution >= 0.6 is 0 Å². The number of amides is 1. The van der Waals surface area contributed by atoms with E-state index < -0.39 is 0 Å². The van der Waals surface area contributed by atoms with Gasteiger partial charge in [0.15, 0.2) is 5.71 Å². The second-order valence-electron chi connectivity index (χ2n) is 8.31. The Morgan fingerprint density at radius 1 is 0.879 bits per heavy atom. The van der Waals surface area contributed by atoms with Gasteiger partial charge < -0.3 is 0 Å². The molecule has 0 radical (unpaired) electrons. The van der Waals surface area contributed by atoms with Gasteiger partial charge in [-0.05, 0) is 73.6 Å². The Hall–Kier alpha value is -3.77.